The van der Waals surface area contributed by atoms with Crippen LogP contribution in [0.2, 0.25) is 0 Å². The number of nitrogens with one attached hydrogen (secondary N) is 1. The molecule has 138 valence electrons. The highest BCUT2D eigenvalue weighted by atomic mass is 32.1. The topological polar surface area (TPSA) is 58.1 Å². The third-order valence-corrected chi connectivity index (χ3v) is 5.76. The molecule has 4 rings (SSSR count). The Balaban J connectivity index is 1.71. The van der Waals surface area contributed by atoms with Crippen LogP contribution in [-0.2, 0) is 13.0 Å². The van der Waals surface area contributed by atoms with E-state index in [1.807, 2.05) is 26.1 Å². The van der Waals surface area contributed by atoms with Gasteiger partial charge in [0.2, 0.25) is 0 Å². The number of amides is 1. The number of benzene rings is 2. The van der Waals surface area contributed by atoms with Gasteiger partial charge in [0.15, 0.2) is 4.77 Å². The SMILES string of the molecule is CCn1c(=S)[nH]c2cc(C(=O)N(C)[C@H]3CCc4ccccc43)ccc2c1=O. The molecule has 3 aromatic rings. The van der Waals surface area contributed by atoms with Gasteiger partial charge in [-0.05, 0) is 61.3 Å². The monoisotopic (exact) mass is 379 g/mol. The van der Waals surface area contributed by atoms with Gasteiger partial charge < -0.3 is 9.88 Å². The van der Waals surface area contributed by atoms with Crippen LogP contribution >= 0.6 is 12.2 Å². The lowest BCUT2D eigenvalue weighted by Crippen LogP contribution is -2.30. The Kier molecular flexibility index (Phi) is 4.44. The van der Waals surface area contributed by atoms with Crippen molar-refractivity contribution in [2.24, 2.45) is 0 Å². The summed E-state index contributed by atoms with van der Waals surface area (Å²) in [5.41, 5.74) is 3.55. The molecular formula is C21H21N3O2S. The minimum absolute atomic E-state index is 0.0578. The van der Waals surface area contributed by atoms with Crippen molar-refractivity contribution < 1.29 is 4.79 Å². The molecule has 0 saturated heterocycles. The number of aryl methyl sites for hydroxylation is 1. The predicted molar refractivity (Wildman–Crippen MR) is 109 cm³/mol. The minimum Gasteiger partial charge on any atom is -0.335 e. The Morgan fingerprint density at radius 1 is 1.30 bits per heavy atom. The maximum absolute atomic E-state index is 13.1. The molecule has 0 radical (unpaired) electrons. The van der Waals surface area contributed by atoms with Gasteiger partial charge in [-0.1, -0.05) is 24.3 Å². The predicted octanol–water partition coefficient (Wildman–Crippen LogP) is 3.84. The zero-order chi connectivity index (χ0) is 19.1. The second-order valence-electron chi connectivity index (χ2n) is 6.91. The van der Waals surface area contributed by atoms with Crippen LogP contribution in [0.5, 0.6) is 0 Å². The molecule has 1 amide bonds. The van der Waals surface area contributed by atoms with Gasteiger partial charge in [-0.25, -0.2) is 0 Å². The lowest BCUT2D eigenvalue weighted by molar-refractivity contribution is 0.0730. The third kappa shape index (κ3) is 2.90. The molecule has 0 bridgehead atoms. The van der Waals surface area contributed by atoms with E-state index in [2.05, 4.69) is 17.1 Å². The summed E-state index contributed by atoms with van der Waals surface area (Å²) in [7, 11) is 1.84. The quantitative estimate of drug-likeness (QED) is 0.704. The summed E-state index contributed by atoms with van der Waals surface area (Å²) >= 11 is 5.27. The molecule has 6 heteroatoms. The van der Waals surface area contributed by atoms with Crippen LogP contribution in [0, 0.1) is 4.77 Å². The number of hydrogen-bond donors (Lipinski definition) is 1. The van der Waals surface area contributed by atoms with E-state index < -0.39 is 0 Å². The van der Waals surface area contributed by atoms with Crippen LogP contribution in [0.4, 0.5) is 0 Å². The van der Waals surface area contributed by atoms with E-state index in [1.165, 1.54) is 15.7 Å². The van der Waals surface area contributed by atoms with Crippen LogP contribution in [0.1, 0.15) is 40.9 Å². The number of nitrogens with zero attached hydrogens (tertiary/aromatic N) is 2. The number of H-pyrrole nitrogens is 1. The first kappa shape index (κ1) is 17.7. The van der Waals surface area contributed by atoms with E-state index in [-0.39, 0.29) is 17.5 Å². The van der Waals surface area contributed by atoms with Crippen molar-refractivity contribution in [3.8, 4) is 0 Å². The maximum atomic E-state index is 13.1. The average molecular weight is 379 g/mol. The highest BCUT2D eigenvalue weighted by molar-refractivity contribution is 7.71. The fraction of sp³-hybridized carbons (Fsp3) is 0.286. The van der Waals surface area contributed by atoms with Gasteiger partial charge in [-0.15, -0.1) is 0 Å². The van der Waals surface area contributed by atoms with Crippen molar-refractivity contribution in [1.82, 2.24) is 14.5 Å². The zero-order valence-corrected chi connectivity index (χ0v) is 16.2. The second kappa shape index (κ2) is 6.78. The third-order valence-electron chi connectivity index (χ3n) is 5.43. The number of aromatic nitrogens is 2. The van der Waals surface area contributed by atoms with Gasteiger partial charge >= 0.3 is 0 Å². The molecule has 0 saturated carbocycles. The maximum Gasteiger partial charge on any atom is 0.262 e. The Labute approximate surface area is 162 Å². The Bertz CT molecular complexity index is 1160. The van der Waals surface area contributed by atoms with Gasteiger partial charge in [0.25, 0.3) is 11.5 Å². The summed E-state index contributed by atoms with van der Waals surface area (Å²) in [5.74, 6) is -0.0578. The number of carbonyl (C=O) groups is 1. The van der Waals surface area contributed by atoms with Gasteiger partial charge in [-0.3, -0.25) is 14.2 Å². The largest absolute Gasteiger partial charge is 0.335 e. The van der Waals surface area contributed by atoms with Crippen molar-refractivity contribution in [1.29, 1.82) is 0 Å². The average Bonchev–Trinajstić information content (AvgIpc) is 3.11. The molecule has 1 aliphatic carbocycles. The first-order valence-corrected chi connectivity index (χ1v) is 9.54. The van der Waals surface area contributed by atoms with E-state index >= 15 is 0 Å². The summed E-state index contributed by atoms with van der Waals surface area (Å²) in [6.45, 7) is 2.39. The molecule has 1 atom stereocenters. The summed E-state index contributed by atoms with van der Waals surface area (Å²) in [6, 6.07) is 13.5. The highest BCUT2D eigenvalue weighted by Gasteiger charge is 2.28. The number of rotatable bonds is 3. The molecule has 1 heterocycles. The van der Waals surface area contributed by atoms with Gasteiger partial charge in [0, 0.05) is 19.2 Å². The number of carbonyl (C=O) groups excluding carboxylic acids is 1. The molecule has 0 spiro atoms. The van der Waals surface area contributed by atoms with Gasteiger partial charge in [0.1, 0.15) is 0 Å². The summed E-state index contributed by atoms with van der Waals surface area (Å²) in [6.07, 6.45) is 1.92. The minimum atomic E-state index is -0.131. The Morgan fingerprint density at radius 2 is 2.07 bits per heavy atom. The summed E-state index contributed by atoms with van der Waals surface area (Å²) in [5, 5.41) is 0.538. The number of fused-ring (bicyclic) bond motifs is 2. The van der Waals surface area contributed by atoms with Gasteiger partial charge in [-0.2, -0.15) is 0 Å². The zero-order valence-electron chi connectivity index (χ0n) is 15.4. The highest BCUT2D eigenvalue weighted by Crippen LogP contribution is 2.35. The molecular weight excluding hydrogens is 358 g/mol. The molecule has 5 nitrogen and oxygen atoms in total. The Morgan fingerprint density at radius 3 is 2.85 bits per heavy atom. The van der Waals surface area contributed by atoms with Crippen molar-refractivity contribution in [3.05, 3.63) is 74.3 Å². The molecule has 1 aromatic heterocycles. The molecule has 1 N–H and O–H groups in total. The first-order valence-electron chi connectivity index (χ1n) is 9.13. The van der Waals surface area contributed by atoms with Crippen LogP contribution in [-0.4, -0.2) is 27.4 Å². The molecule has 2 aromatic carbocycles. The van der Waals surface area contributed by atoms with Crippen molar-refractivity contribution in [2.75, 3.05) is 7.05 Å². The summed E-state index contributed by atoms with van der Waals surface area (Å²) in [4.78, 5) is 30.5. The van der Waals surface area contributed by atoms with Crippen LogP contribution in [0.25, 0.3) is 10.9 Å². The molecule has 0 unspecified atom stereocenters. The van der Waals surface area contributed by atoms with E-state index in [4.69, 9.17) is 12.2 Å². The fourth-order valence-electron chi connectivity index (χ4n) is 3.96. The van der Waals surface area contributed by atoms with Gasteiger partial charge in [0.05, 0.1) is 16.9 Å². The van der Waals surface area contributed by atoms with Crippen LogP contribution < -0.4 is 5.56 Å². The van der Waals surface area contributed by atoms with Crippen LogP contribution in [0.15, 0.2) is 47.3 Å². The van der Waals surface area contributed by atoms with E-state index in [0.717, 1.165) is 12.8 Å². The standard InChI is InChI=1S/C21H21N3O2S/c1-3-24-20(26)16-10-8-14(12-17(16)22-21(24)27)19(25)23(2)18-11-9-13-6-4-5-7-15(13)18/h4-8,10,12,18H,3,9,11H2,1-2H3,(H,22,27)/t18-/m0/s1. The van der Waals surface area contributed by atoms with Crippen molar-refractivity contribution >= 4 is 29.0 Å². The van der Waals surface area contributed by atoms with Crippen molar-refractivity contribution in [2.45, 2.75) is 32.4 Å². The molecule has 0 aliphatic heterocycles. The van der Waals surface area contributed by atoms with Crippen LogP contribution in [0.3, 0.4) is 0 Å². The second-order valence-corrected chi connectivity index (χ2v) is 7.30. The number of hydrogen-bond acceptors (Lipinski definition) is 3. The lowest BCUT2D eigenvalue weighted by Gasteiger charge is -2.25. The number of aromatic amines is 1. The van der Waals surface area contributed by atoms with Crippen molar-refractivity contribution in [3.63, 3.8) is 0 Å². The molecule has 0 fully saturated rings. The Hall–Kier alpha value is -2.73. The summed E-state index contributed by atoms with van der Waals surface area (Å²) < 4.78 is 1.89. The van der Waals surface area contributed by atoms with E-state index in [9.17, 15) is 9.59 Å². The van der Waals surface area contributed by atoms with E-state index in [0.29, 0.717) is 27.8 Å². The lowest BCUT2D eigenvalue weighted by atomic mass is 10.1. The van der Waals surface area contributed by atoms with E-state index in [1.54, 1.807) is 23.1 Å². The smallest absolute Gasteiger partial charge is 0.262 e. The molecule has 1 aliphatic rings. The normalized spacial score (nSPS) is 15.7. The molecule has 27 heavy (non-hydrogen) atoms. The first-order chi connectivity index (χ1) is 13.0. The fourth-order valence-corrected chi connectivity index (χ4v) is 4.28.